The molecule has 0 spiro atoms. The zero-order chi connectivity index (χ0) is 21.7. The molecule has 0 bridgehead atoms. The van der Waals surface area contributed by atoms with Crippen LogP contribution in [0.3, 0.4) is 0 Å². The third kappa shape index (κ3) is 3.30. The number of H-pyrrole nitrogens is 2. The number of hydrogen-bond donors (Lipinski definition) is 3. The minimum Gasteiger partial charge on any atom is -0.353 e. The third-order valence-electron chi connectivity index (χ3n) is 6.67. The largest absolute Gasteiger partial charge is 0.353 e. The molecule has 1 aliphatic heterocycles. The van der Waals surface area contributed by atoms with Gasteiger partial charge in [0, 0.05) is 16.3 Å². The second-order valence-electron chi connectivity index (χ2n) is 8.87. The van der Waals surface area contributed by atoms with Gasteiger partial charge in [0.05, 0.1) is 11.2 Å². The van der Waals surface area contributed by atoms with E-state index in [1.807, 2.05) is 25.1 Å². The monoisotopic (exact) mass is 424 g/mol. The normalized spacial score (nSPS) is 15.1. The molecule has 4 nitrogen and oxygen atoms in total. The fraction of sp³-hybridized carbons (Fsp3) is 0.222. The van der Waals surface area contributed by atoms with E-state index in [9.17, 15) is 4.39 Å². The summed E-state index contributed by atoms with van der Waals surface area (Å²) in [6.45, 7) is 4.07. The van der Waals surface area contributed by atoms with Crippen LogP contribution in [0.25, 0.3) is 44.3 Å². The minimum atomic E-state index is -0.212. The molecule has 2 aromatic heterocycles. The summed E-state index contributed by atoms with van der Waals surface area (Å²) in [5.74, 6) is 0.380. The molecule has 32 heavy (non-hydrogen) atoms. The van der Waals surface area contributed by atoms with Gasteiger partial charge in [-0.1, -0.05) is 24.3 Å². The molecule has 0 aliphatic carbocycles. The number of piperidine rings is 1. The Labute approximate surface area is 185 Å². The molecule has 0 unspecified atom stereocenters. The van der Waals surface area contributed by atoms with Gasteiger partial charge in [-0.05, 0) is 97.4 Å². The molecule has 0 saturated carbocycles. The lowest BCUT2D eigenvalue weighted by Gasteiger charge is -2.23. The van der Waals surface area contributed by atoms with Gasteiger partial charge in [-0.15, -0.1) is 0 Å². The molecule has 3 heterocycles. The molecule has 3 N–H and O–H groups in total. The number of hydrogen-bond acceptors (Lipinski definition) is 2. The van der Waals surface area contributed by atoms with Crippen molar-refractivity contribution in [2.24, 2.45) is 0 Å². The van der Waals surface area contributed by atoms with Crippen LogP contribution in [0, 0.1) is 12.7 Å². The molecule has 5 heteroatoms. The number of aryl methyl sites for hydroxylation is 1. The summed E-state index contributed by atoms with van der Waals surface area (Å²) in [6, 6.07) is 20.1. The summed E-state index contributed by atoms with van der Waals surface area (Å²) in [6.07, 6.45) is 2.34. The lowest BCUT2D eigenvalue weighted by atomic mass is 9.89. The predicted octanol–water partition coefficient (Wildman–Crippen LogP) is 6.29. The van der Waals surface area contributed by atoms with Crippen LogP contribution in [0.5, 0.6) is 0 Å². The average molecular weight is 425 g/mol. The van der Waals surface area contributed by atoms with Crippen LogP contribution in [-0.2, 0) is 0 Å². The van der Waals surface area contributed by atoms with Crippen LogP contribution in [-0.4, -0.2) is 28.3 Å². The first-order chi connectivity index (χ1) is 15.7. The van der Waals surface area contributed by atoms with Crippen molar-refractivity contribution in [1.82, 2.24) is 20.5 Å². The summed E-state index contributed by atoms with van der Waals surface area (Å²) in [4.78, 5) is 3.54. The van der Waals surface area contributed by atoms with Gasteiger partial charge >= 0.3 is 0 Å². The fourth-order valence-electron chi connectivity index (χ4n) is 5.07. The Kier molecular flexibility index (Phi) is 4.58. The van der Waals surface area contributed by atoms with Crippen molar-refractivity contribution in [2.45, 2.75) is 25.7 Å². The van der Waals surface area contributed by atoms with Crippen LogP contribution in [0.1, 0.15) is 29.9 Å². The average Bonchev–Trinajstić information content (AvgIpc) is 3.42. The number of aromatic amines is 2. The quantitative estimate of drug-likeness (QED) is 0.319. The van der Waals surface area contributed by atoms with Gasteiger partial charge in [-0.25, -0.2) is 4.39 Å². The maximum absolute atomic E-state index is 14.1. The number of nitrogens with zero attached hydrogens (tertiary/aromatic N) is 1. The van der Waals surface area contributed by atoms with E-state index >= 15 is 0 Å². The highest BCUT2D eigenvalue weighted by Crippen LogP contribution is 2.36. The Hall–Kier alpha value is -3.44. The summed E-state index contributed by atoms with van der Waals surface area (Å²) in [7, 11) is 0. The van der Waals surface area contributed by atoms with Gasteiger partial charge < -0.3 is 10.3 Å². The fourth-order valence-corrected chi connectivity index (χ4v) is 5.07. The molecule has 1 aliphatic rings. The van der Waals surface area contributed by atoms with Gasteiger partial charge in [0.15, 0.2) is 0 Å². The van der Waals surface area contributed by atoms with Crippen molar-refractivity contribution in [3.8, 4) is 22.5 Å². The van der Waals surface area contributed by atoms with Crippen molar-refractivity contribution in [3.05, 3.63) is 77.6 Å². The zero-order valence-electron chi connectivity index (χ0n) is 18.0. The Morgan fingerprint density at radius 2 is 1.78 bits per heavy atom. The topological polar surface area (TPSA) is 56.5 Å². The van der Waals surface area contributed by atoms with Crippen molar-refractivity contribution >= 4 is 21.8 Å². The predicted molar refractivity (Wildman–Crippen MR) is 128 cm³/mol. The van der Waals surface area contributed by atoms with Gasteiger partial charge in [0.2, 0.25) is 0 Å². The van der Waals surface area contributed by atoms with Crippen molar-refractivity contribution in [2.75, 3.05) is 13.1 Å². The SMILES string of the molecule is Cc1cc(F)cc(-c2cccc3[nH]c(-c4n[nH]c5ccc(C6CCNCC6)cc45)cc23)c1. The standard InChI is InChI=1S/C27H25FN4/c1-16-11-19(13-20(28)12-16)21-3-2-4-24-22(21)15-26(30-24)27-23-14-18(5-6-25(23)31-32-27)17-7-9-29-10-8-17/h2-6,11-15,17,29-30H,7-10H2,1H3,(H,31,32). The summed E-state index contributed by atoms with van der Waals surface area (Å²) < 4.78 is 14.1. The highest BCUT2D eigenvalue weighted by Gasteiger charge is 2.18. The number of fused-ring (bicyclic) bond motifs is 2. The molecule has 160 valence electrons. The zero-order valence-corrected chi connectivity index (χ0v) is 18.0. The van der Waals surface area contributed by atoms with Crippen molar-refractivity contribution < 1.29 is 4.39 Å². The van der Waals surface area contributed by atoms with E-state index in [0.717, 1.165) is 63.0 Å². The summed E-state index contributed by atoms with van der Waals surface area (Å²) in [5, 5.41) is 13.5. The minimum absolute atomic E-state index is 0.212. The molecule has 1 saturated heterocycles. The summed E-state index contributed by atoms with van der Waals surface area (Å²) in [5.41, 5.74) is 8.15. The van der Waals surface area contributed by atoms with Crippen LogP contribution in [0.15, 0.2) is 60.7 Å². The second-order valence-corrected chi connectivity index (χ2v) is 8.87. The molecule has 5 aromatic rings. The lowest BCUT2D eigenvalue weighted by Crippen LogP contribution is -2.26. The van der Waals surface area contributed by atoms with Gasteiger partial charge in [-0.3, -0.25) is 5.10 Å². The molecular weight excluding hydrogens is 399 g/mol. The maximum atomic E-state index is 14.1. The molecule has 6 rings (SSSR count). The van der Waals surface area contributed by atoms with Gasteiger partial charge in [0.25, 0.3) is 0 Å². The van der Waals surface area contributed by atoms with E-state index in [-0.39, 0.29) is 5.82 Å². The molecule has 3 aromatic carbocycles. The number of halogens is 1. The molecule has 1 fully saturated rings. The van der Waals surface area contributed by atoms with Gasteiger partial charge in [-0.2, -0.15) is 5.10 Å². The number of nitrogens with one attached hydrogen (secondary N) is 3. The Bertz CT molecular complexity index is 1420. The molecule has 0 atom stereocenters. The highest BCUT2D eigenvalue weighted by molar-refractivity contribution is 6.01. The Morgan fingerprint density at radius 3 is 2.62 bits per heavy atom. The Morgan fingerprint density at radius 1 is 0.906 bits per heavy atom. The van der Waals surface area contributed by atoms with Crippen LogP contribution in [0.2, 0.25) is 0 Å². The van der Waals surface area contributed by atoms with E-state index in [1.54, 1.807) is 12.1 Å². The molecule has 0 amide bonds. The van der Waals surface area contributed by atoms with E-state index in [1.165, 1.54) is 18.4 Å². The highest BCUT2D eigenvalue weighted by atomic mass is 19.1. The van der Waals surface area contributed by atoms with E-state index in [0.29, 0.717) is 5.92 Å². The van der Waals surface area contributed by atoms with Crippen LogP contribution >= 0.6 is 0 Å². The maximum Gasteiger partial charge on any atom is 0.124 e. The van der Waals surface area contributed by atoms with Crippen molar-refractivity contribution in [3.63, 3.8) is 0 Å². The second kappa shape index (κ2) is 7.61. The number of benzene rings is 3. The first-order valence-electron chi connectivity index (χ1n) is 11.2. The number of aromatic nitrogens is 3. The van der Waals surface area contributed by atoms with Crippen molar-refractivity contribution in [1.29, 1.82) is 0 Å². The third-order valence-corrected chi connectivity index (χ3v) is 6.67. The van der Waals surface area contributed by atoms with E-state index in [4.69, 9.17) is 0 Å². The van der Waals surface area contributed by atoms with Gasteiger partial charge in [0.1, 0.15) is 11.5 Å². The first kappa shape index (κ1) is 19.3. The molecule has 0 radical (unpaired) electrons. The smallest absolute Gasteiger partial charge is 0.124 e. The summed E-state index contributed by atoms with van der Waals surface area (Å²) >= 11 is 0. The van der Waals surface area contributed by atoms with Crippen LogP contribution in [0.4, 0.5) is 4.39 Å². The van der Waals surface area contributed by atoms with E-state index < -0.39 is 0 Å². The van der Waals surface area contributed by atoms with E-state index in [2.05, 4.69) is 50.8 Å². The number of rotatable bonds is 3. The van der Waals surface area contributed by atoms with Crippen LogP contribution < -0.4 is 5.32 Å². The first-order valence-corrected chi connectivity index (χ1v) is 11.2. The Balaban J connectivity index is 1.47. The molecular formula is C27H25FN4. The lowest BCUT2D eigenvalue weighted by molar-refractivity contribution is 0.460.